The van der Waals surface area contributed by atoms with Gasteiger partial charge in [-0.2, -0.15) is 10.1 Å². The minimum Gasteiger partial charge on any atom is -0.383 e. The summed E-state index contributed by atoms with van der Waals surface area (Å²) in [6.07, 6.45) is 0.773. The van der Waals surface area contributed by atoms with Crippen LogP contribution in [0.3, 0.4) is 0 Å². The Balaban J connectivity index is 2.03. The molecule has 0 fully saturated rings. The maximum atomic E-state index is 5.22. The van der Waals surface area contributed by atoms with Crippen LogP contribution in [0.1, 0.15) is 35.6 Å². The number of hydrogen-bond acceptors (Lipinski definition) is 6. The summed E-state index contributed by atoms with van der Waals surface area (Å²) in [4.78, 5) is 4.32. The van der Waals surface area contributed by atoms with Crippen LogP contribution in [0.4, 0.5) is 0 Å². The normalized spacial score (nSPS) is 11.2. The van der Waals surface area contributed by atoms with E-state index in [1.807, 2.05) is 18.5 Å². The van der Waals surface area contributed by atoms with Crippen LogP contribution in [0.15, 0.2) is 4.52 Å². The van der Waals surface area contributed by atoms with Crippen molar-refractivity contribution in [1.82, 2.24) is 25.2 Å². The van der Waals surface area contributed by atoms with Crippen LogP contribution >= 0.6 is 0 Å². The van der Waals surface area contributed by atoms with Gasteiger partial charge in [0.2, 0.25) is 5.89 Å². The fourth-order valence-electron chi connectivity index (χ4n) is 2.16. The summed E-state index contributed by atoms with van der Waals surface area (Å²) in [5.41, 5.74) is 3.35. The van der Waals surface area contributed by atoms with Crippen molar-refractivity contribution in [2.45, 2.75) is 40.3 Å². The van der Waals surface area contributed by atoms with Gasteiger partial charge < -0.3 is 14.6 Å². The predicted molar refractivity (Wildman–Crippen MR) is 78.1 cm³/mol. The molecule has 2 heterocycles. The predicted octanol–water partition coefficient (Wildman–Crippen LogP) is 1.23. The summed E-state index contributed by atoms with van der Waals surface area (Å²) in [6, 6.07) is 0. The first-order valence-electron chi connectivity index (χ1n) is 7.19. The van der Waals surface area contributed by atoms with Gasteiger partial charge in [0.25, 0.3) is 0 Å². The molecular formula is C14H23N5O2. The van der Waals surface area contributed by atoms with Gasteiger partial charge in [-0.15, -0.1) is 0 Å². The quantitative estimate of drug-likeness (QED) is 0.738. The fourth-order valence-corrected chi connectivity index (χ4v) is 2.16. The summed E-state index contributed by atoms with van der Waals surface area (Å²) >= 11 is 0. The summed E-state index contributed by atoms with van der Waals surface area (Å²) in [5.74, 6) is 1.32. The minimum atomic E-state index is 0.512. The number of hydrogen-bond donors (Lipinski definition) is 1. The summed E-state index contributed by atoms with van der Waals surface area (Å²) in [5, 5.41) is 11.8. The maximum absolute atomic E-state index is 5.22. The molecular weight excluding hydrogens is 270 g/mol. The number of aryl methyl sites for hydroxylation is 2. The Morgan fingerprint density at radius 1 is 1.33 bits per heavy atom. The largest absolute Gasteiger partial charge is 0.383 e. The average molecular weight is 293 g/mol. The van der Waals surface area contributed by atoms with Gasteiger partial charge in [-0.25, -0.2) is 0 Å². The molecule has 0 amide bonds. The Morgan fingerprint density at radius 3 is 2.81 bits per heavy atom. The third kappa shape index (κ3) is 3.89. The van der Waals surface area contributed by atoms with Gasteiger partial charge in [-0.3, -0.25) is 4.68 Å². The smallest absolute Gasteiger partial charge is 0.248 e. The Hall–Kier alpha value is -1.73. The Kier molecular flexibility index (Phi) is 5.46. The third-order valence-electron chi connectivity index (χ3n) is 3.43. The fraction of sp³-hybridized carbons (Fsp3) is 0.643. The van der Waals surface area contributed by atoms with E-state index in [-0.39, 0.29) is 0 Å². The molecule has 0 saturated heterocycles. The Bertz CT molecular complexity index is 576. The van der Waals surface area contributed by atoms with Crippen LogP contribution < -0.4 is 5.32 Å². The number of methoxy groups -OCH3 is 1. The first-order valence-corrected chi connectivity index (χ1v) is 7.19. The Morgan fingerprint density at radius 2 is 2.14 bits per heavy atom. The maximum Gasteiger partial charge on any atom is 0.248 e. The van der Waals surface area contributed by atoms with Crippen LogP contribution in [-0.2, 0) is 24.2 Å². The highest BCUT2D eigenvalue weighted by molar-refractivity contribution is 5.24. The van der Waals surface area contributed by atoms with Crippen molar-refractivity contribution in [2.24, 2.45) is 0 Å². The number of ether oxygens (including phenoxy) is 1. The van der Waals surface area contributed by atoms with E-state index in [9.17, 15) is 0 Å². The number of nitrogens with zero attached hydrogens (tertiary/aromatic N) is 4. The lowest BCUT2D eigenvalue weighted by Crippen LogP contribution is -2.19. The standard InChI is InChI=1S/C14H23N5O2/c1-5-13-16-14(21-18-13)9-19-11(3)12(10(2)17-19)8-15-6-7-20-4/h15H,5-9H2,1-4H3. The van der Waals surface area contributed by atoms with E-state index in [1.165, 1.54) is 5.56 Å². The highest BCUT2D eigenvalue weighted by Crippen LogP contribution is 2.14. The van der Waals surface area contributed by atoms with E-state index in [0.29, 0.717) is 19.0 Å². The molecule has 2 aromatic heterocycles. The van der Waals surface area contributed by atoms with E-state index in [2.05, 4.69) is 27.5 Å². The molecule has 21 heavy (non-hydrogen) atoms. The van der Waals surface area contributed by atoms with Crippen molar-refractivity contribution in [3.05, 3.63) is 28.7 Å². The second-order valence-electron chi connectivity index (χ2n) is 4.93. The molecule has 116 valence electrons. The lowest BCUT2D eigenvalue weighted by molar-refractivity contribution is 0.199. The number of rotatable bonds is 8. The highest BCUT2D eigenvalue weighted by atomic mass is 16.5. The number of nitrogens with one attached hydrogen (secondary N) is 1. The van der Waals surface area contributed by atoms with E-state index < -0.39 is 0 Å². The summed E-state index contributed by atoms with van der Waals surface area (Å²) < 4.78 is 12.2. The van der Waals surface area contributed by atoms with Crippen molar-refractivity contribution in [2.75, 3.05) is 20.3 Å². The van der Waals surface area contributed by atoms with Crippen molar-refractivity contribution < 1.29 is 9.26 Å². The van der Waals surface area contributed by atoms with Gasteiger partial charge >= 0.3 is 0 Å². The second-order valence-corrected chi connectivity index (χ2v) is 4.93. The monoisotopic (exact) mass is 293 g/mol. The van der Waals surface area contributed by atoms with Crippen LogP contribution in [0.25, 0.3) is 0 Å². The molecule has 1 N–H and O–H groups in total. The molecule has 7 heteroatoms. The summed E-state index contributed by atoms with van der Waals surface area (Å²) in [7, 11) is 1.70. The van der Waals surface area contributed by atoms with E-state index >= 15 is 0 Å². The highest BCUT2D eigenvalue weighted by Gasteiger charge is 2.13. The molecule has 0 atom stereocenters. The molecule has 2 rings (SSSR count). The first kappa shape index (κ1) is 15.7. The topological polar surface area (TPSA) is 78.0 Å². The van der Waals surface area contributed by atoms with E-state index in [1.54, 1.807) is 7.11 Å². The molecule has 0 aliphatic heterocycles. The van der Waals surface area contributed by atoms with Gasteiger partial charge in [0.15, 0.2) is 5.82 Å². The van der Waals surface area contributed by atoms with Crippen molar-refractivity contribution in [3.63, 3.8) is 0 Å². The molecule has 0 aliphatic rings. The summed E-state index contributed by atoms with van der Waals surface area (Å²) in [6.45, 7) is 8.90. The van der Waals surface area contributed by atoms with Crippen molar-refractivity contribution in [1.29, 1.82) is 0 Å². The van der Waals surface area contributed by atoms with Crippen LogP contribution in [0, 0.1) is 13.8 Å². The SMILES string of the molecule is CCc1noc(Cn2nc(C)c(CNCCOC)c2C)n1. The zero-order valence-corrected chi connectivity index (χ0v) is 13.1. The van der Waals surface area contributed by atoms with Crippen LogP contribution in [-0.4, -0.2) is 40.2 Å². The molecule has 0 spiro atoms. The number of aromatic nitrogens is 4. The van der Waals surface area contributed by atoms with Crippen LogP contribution in [0.5, 0.6) is 0 Å². The van der Waals surface area contributed by atoms with E-state index in [4.69, 9.17) is 9.26 Å². The van der Waals surface area contributed by atoms with E-state index in [0.717, 1.165) is 36.7 Å². The van der Waals surface area contributed by atoms with Gasteiger partial charge in [0.05, 0.1) is 12.3 Å². The molecule has 0 saturated carbocycles. The van der Waals surface area contributed by atoms with Gasteiger partial charge in [-0.1, -0.05) is 12.1 Å². The first-order chi connectivity index (χ1) is 10.2. The molecule has 0 unspecified atom stereocenters. The molecule has 0 bridgehead atoms. The molecule has 0 aliphatic carbocycles. The van der Waals surface area contributed by atoms with Crippen molar-refractivity contribution in [3.8, 4) is 0 Å². The van der Waals surface area contributed by atoms with Crippen LogP contribution in [0.2, 0.25) is 0 Å². The zero-order chi connectivity index (χ0) is 15.2. The zero-order valence-electron chi connectivity index (χ0n) is 13.1. The molecule has 0 radical (unpaired) electrons. The minimum absolute atomic E-state index is 0.512. The van der Waals surface area contributed by atoms with Gasteiger partial charge in [0.1, 0.15) is 6.54 Å². The third-order valence-corrected chi connectivity index (χ3v) is 3.43. The Labute approximate surface area is 124 Å². The lowest BCUT2D eigenvalue weighted by atomic mass is 10.2. The van der Waals surface area contributed by atoms with Crippen molar-refractivity contribution >= 4 is 0 Å². The molecule has 7 nitrogen and oxygen atoms in total. The second kappa shape index (κ2) is 7.33. The molecule has 2 aromatic rings. The van der Waals surface area contributed by atoms with Gasteiger partial charge in [0, 0.05) is 37.9 Å². The molecule has 0 aromatic carbocycles. The van der Waals surface area contributed by atoms with Gasteiger partial charge in [-0.05, 0) is 13.8 Å². The average Bonchev–Trinajstić information content (AvgIpc) is 3.03. The lowest BCUT2D eigenvalue weighted by Gasteiger charge is -2.05.